The Kier molecular flexibility index (Phi) is 7.84. The largest absolute Gasteiger partial charge is 0.496 e. The number of nitro groups is 1. The third-order valence-electron chi connectivity index (χ3n) is 6.84. The lowest BCUT2D eigenvalue weighted by Gasteiger charge is -2.10. The first-order valence-electron chi connectivity index (χ1n) is 13.3. The predicted molar refractivity (Wildman–Crippen MR) is 169 cm³/mol. The summed E-state index contributed by atoms with van der Waals surface area (Å²) in [5, 5.41) is 26.7. The fourth-order valence-corrected chi connectivity index (χ4v) is 5.32. The zero-order valence-corrected chi connectivity index (χ0v) is 24.9. The quantitative estimate of drug-likeness (QED) is 0.101. The van der Waals surface area contributed by atoms with E-state index >= 15 is 0 Å². The summed E-state index contributed by atoms with van der Waals surface area (Å²) in [5.74, 6) is -0.201. The van der Waals surface area contributed by atoms with Gasteiger partial charge in [-0.3, -0.25) is 14.9 Å². The first kappa shape index (κ1) is 29.3. The van der Waals surface area contributed by atoms with Gasteiger partial charge in [0.2, 0.25) is 11.6 Å². The summed E-state index contributed by atoms with van der Waals surface area (Å²) in [6.07, 6.45) is 1.29. The van der Waals surface area contributed by atoms with E-state index in [9.17, 15) is 24.8 Å². The average molecular weight is 669 g/mol. The fourth-order valence-electron chi connectivity index (χ4n) is 4.74. The number of carboxylic acid groups (broad SMARTS) is 1. The van der Waals surface area contributed by atoms with Crippen molar-refractivity contribution in [2.45, 2.75) is 6.61 Å². The molecule has 0 fully saturated rings. The van der Waals surface area contributed by atoms with Gasteiger partial charge in [0.25, 0.3) is 5.56 Å². The molecular weight excluding hydrogens is 648 g/mol. The van der Waals surface area contributed by atoms with E-state index in [1.165, 1.54) is 24.4 Å². The van der Waals surface area contributed by atoms with E-state index < -0.39 is 16.5 Å². The van der Waals surface area contributed by atoms with E-state index in [1.54, 1.807) is 73.8 Å². The van der Waals surface area contributed by atoms with Crippen LogP contribution >= 0.6 is 15.9 Å². The molecule has 2 aromatic heterocycles. The number of hydrogen-bond donors (Lipinski definition) is 1. The van der Waals surface area contributed by atoms with Crippen LogP contribution in [-0.4, -0.2) is 39.0 Å². The summed E-state index contributed by atoms with van der Waals surface area (Å²) in [5.41, 5.74) is 0.977. The Hall–Kier alpha value is -5.82. The highest BCUT2D eigenvalue weighted by Crippen LogP contribution is 2.37. The van der Waals surface area contributed by atoms with E-state index in [4.69, 9.17) is 13.9 Å². The number of para-hydroxylation sites is 1. The summed E-state index contributed by atoms with van der Waals surface area (Å²) in [7, 11) is 1.54. The van der Waals surface area contributed by atoms with Gasteiger partial charge in [-0.05, 0) is 70.0 Å². The molecule has 12 nitrogen and oxygen atoms in total. The van der Waals surface area contributed by atoms with Crippen molar-refractivity contribution in [2.75, 3.05) is 7.11 Å². The Morgan fingerprint density at radius 1 is 1.09 bits per heavy atom. The standard InChI is InChI=1S/C32H21BrN4O8/c1-43-26-10-5-11-27-22(26)15-28(45-27)30-35-24-9-3-2-8-21(24)31(38)36(30)34-16-19-13-23(33)29(25(14-19)37(41)42)44-17-18-6-4-7-20(12-18)32(39)40/h2-16H,17H2,1H3,(H,39,40). The fraction of sp³-hybridized carbons (Fsp3) is 0.0625. The number of methoxy groups -OCH3 is 1. The van der Waals surface area contributed by atoms with Crippen LogP contribution in [0, 0.1) is 10.1 Å². The molecule has 2 heterocycles. The molecule has 45 heavy (non-hydrogen) atoms. The van der Waals surface area contributed by atoms with Gasteiger partial charge in [0, 0.05) is 11.6 Å². The van der Waals surface area contributed by atoms with Crippen LogP contribution in [0.4, 0.5) is 5.69 Å². The number of furan rings is 1. The van der Waals surface area contributed by atoms with Gasteiger partial charge in [0.05, 0.1) is 44.6 Å². The zero-order valence-electron chi connectivity index (χ0n) is 23.3. The number of nitro benzene ring substituents is 1. The maximum atomic E-state index is 13.6. The number of halogens is 1. The molecule has 0 atom stereocenters. The molecule has 0 saturated carbocycles. The van der Waals surface area contributed by atoms with Crippen LogP contribution in [-0.2, 0) is 6.61 Å². The average Bonchev–Trinajstić information content (AvgIpc) is 3.48. The Balaban J connectivity index is 1.40. The normalized spacial score (nSPS) is 11.3. The second-order valence-electron chi connectivity index (χ2n) is 9.70. The second kappa shape index (κ2) is 12.1. The first-order valence-corrected chi connectivity index (χ1v) is 14.1. The van der Waals surface area contributed by atoms with Gasteiger partial charge in [-0.2, -0.15) is 9.78 Å². The van der Waals surface area contributed by atoms with E-state index in [0.717, 1.165) is 4.68 Å². The zero-order chi connectivity index (χ0) is 31.7. The number of carboxylic acids is 1. The van der Waals surface area contributed by atoms with Gasteiger partial charge in [0.1, 0.15) is 17.9 Å². The van der Waals surface area contributed by atoms with Gasteiger partial charge in [-0.1, -0.05) is 30.3 Å². The highest BCUT2D eigenvalue weighted by molar-refractivity contribution is 9.10. The van der Waals surface area contributed by atoms with Crippen LogP contribution in [0.2, 0.25) is 0 Å². The molecule has 0 bridgehead atoms. The molecule has 224 valence electrons. The van der Waals surface area contributed by atoms with Crippen LogP contribution in [0.3, 0.4) is 0 Å². The molecule has 0 spiro atoms. The van der Waals surface area contributed by atoms with Crippen molar-refractivity contribution >= 4 is 55.7 Å². The lowest BCUT2D eigenvalue weighted by molar-refractivity contribution is -0.386. The third kappa shape index (κ3) is 5.76. The van der Waals surface area contributed by atoms with Crippen molar-refractivity contribution < 1.29 is 28.7 Å². The summed E-state index contributed by atoms with van der Waals surface area (Å²) in [4.78, 5) is 41.0. The van der Waals surface area contributed by atoms with Crippen molar-refractivity contribution in [3.8, 4) is 23.1 Å². The van der Waals surface area contributed by atoms with Crippen molar-refractivity contribution in [2.24, 2.45) is 5.10 Å². The number of nitrogens with zero attached hydrogens (tertiary/aromatic N) is 4. The van der Waals surface area contributed by atoms with Gasteiger partial charge in [0.15, 0.2) is 5.76 Å². The molecule has 6 rings (SSSR count). The predicted octanol–water partition coefficient (Wildman–Crippen LogP) is 6.65. The summed E-state index contributed by atoms with van der Waals surface area (Å²) < 4.78 is 18.6. The topological polar surface area (TPSA) is 159 Å². The number of carbonyl (C=O) groups is 1. The number of aromatic carboxylic acids is 1. The summed E-state index contributed by atoms with van der Waals surface area (Å²) >= 11 is 3.34. The van der Waals surface area contributed by atoms with Crippen molar-refractivity contribution in [1.82, 2.24) is 9.66 Å². The van der Waals surface area contributed by atoms with Gasteiger partial charge in [-0.15, -0.1) is 0 Å². The lowest BCUT2D eigenvalue weighted by Crippen LogP contribution is -2.20. The van der Waals surface area contributed by atoms with Crippen LogP contribution < -0.4 is 15.0 Å². The number of ether oxygens (including phenoxy) is 2. The van der Waals surface area contributed by atoms with E-state index in [-0.39, 0.29) is 45.2 Å². The van der Waals surface area contributed by atoms with Crippen molar-refractivity contribution in [3.63, 3.8) is 0 Å². The number of aromatic nitrogens is 2. The lowest BCUT2D eigenvalue weighted by atomic mass is 10.1. The molecule has 0 aliphatic carbocycles. The summed E-state index contributed by atoms with van der Waals surface area (Å²) in [6.45, 7) is -0.113. The molecule has 4 aromatic carbocycles. The van der Waals surface area contributed by atoms with Crippen molar-refractivity contribution in [1.29, 1.82) is 0 Å². The Bertz CT molecular complexity index is 2220. The van der Waals surface area contributed by atoms with Crippen LogP contribution in [0.25, 0.3) is 33.5 Å². The van der Waals surface area contributed by atoms with Crippen LogP contribution in [0.1, 0.15) is 21.5 Å². The minimum Gasteiger partial charge on any atom is -0.496 e. The van der Waals surface area contributed by atoms with Crippen LogP contribution in [0.15, 0.2) is 104 Å². The number of benzene rings is 4. The van der Waals surface area contributed by atoms with Gasteiger partial charge < -0.3 is 19.0 Å². The van der Waals surface area contributed by atoms with E-state index in [2.05, 4.69) is 26.0 Å². The molecular formula is C32H21BrN4O8. The van der Waals surface area contributed by atoms with E-state index in [0.29, 0.717) is 33.2 Å². The second-order valence-corrected chi connectivity index (χ2v) is 10.6. The number of rotatable bonds is 9. The maximum absolute atomic E-state index is 13.6. The third-order valence-corrected chi connectivity index (χ3v) is 7.43. The highest BCUT2D eigenvalue weighted by atomic mass is 79.9. The van der Waals surface area contributed by atoms with E-state index in [1.807, 2.05) is 0 Å². The number of hydrogen-bond acceptors (Lipinski definition) is 9. The Morgan fingerprint density at radius 3 is 2.67 bits per heavy atom. The highest BCUT2D eigenvalue weighted by Gasteiger charge is 2.22. The maximum Gasteiger partial charge on any atom is 0.335 e. The smallest absolute Gasteiger partial charge is 0.335 e. The Labute approximate surface area is 262 Å². The molecule has 0 aliphatic heterocycles. The Morgan fingerprint density at radius 2 is 1.89 bits per heavy atom. The number of fused-ring (bicyclic) bond motifs is 2. The molecule has 0 saturated heterocycles. The molecule has 0 amide bonds. The first-order chi connectivity index (χ1) is 21.7. The van der Waals surface area contributed by atoms with Gasteiger partial charge >= 0.3 is 11.7 Å². The molecule has 13 heteroatoms. The minimum absolute atomic E-state index is 0.0562. The summed E-state index contributed by atoms with van der Waals surface area (Å²) in [6, 6.07) is 22.7. The molecule has 6 aromatic rings. The molecule has 0 unspecified atom stereocenters. The van der Waals surface area contributed by atoms with Crippen LogP contribution in [0.5, 0.6) is 11.5 Å². The van der Waals surface area contributed by atoms with Crippen molar-refractivity contribution in [3.05, 3.63) is 127 Å². The molecule has 0 radical (unpaired) electrons. The molecule has 0 aliphatic rings. The van der Waals surface area contributed by atoms with Gasteiger partial charge in [-0.25, -0.2) is 9.78 Å². The molecule has 1 N–H and O–H groups in total. The SMILES string of the molecule is COc1cccc2oc(-c3nc4ccccc4c(=O)n3N=Cc3cc(Br)c(OCc4cccc(C(=O)O)c4)c([N+](=O)[O-])c3)cc12. The monoisotopic (exact) mass is 668 g/mol. The minimum atomic E-state index is -1.10.